The molecule has 8 aromatic carbocycles. The quantitative estimate of drug-likeness (QED) is 0.118. The summed E-state index contributed by atoms with van der Waals surface area (Å²) in [5.41, 5.74) is 15.2. The van der Waals surface area contributed by atoms with Gasteiger partial charge in [0.1, 0.15) is 11.5 Å². The first-order chi connectivity index (χ1) is 34.6. The van der Waals surface area contributed by atoms with E-state index in [9.17, 15) is 0 Å². The summed E-state index contributed by atoms with van der Waals surface area (Å²) in [6.07, 6.45) is 1.92. The standard InChI is InChI=1S/C66H57N5O.Pt/c1-64(2,3)44-33-34-67-62(38-44)71-59-32-29-49(70-57-26-15-13-23-53(57)54-24-14-16-27-58(54)70)40-56(59)55-31-30-51(41-61(55)71)72-50-22-17-21-48(39-50)68-42-69(47-19-11-10-12-20-47)63-52(25-18-28-60(63)68)43-35-45(65(4,5)6)37-46(36-43)66(7,8)9;/h10-38,40H,1-9H3;/q;+2. The Kier molecular flexibility index (Phi) is 11.7. The van der Waals surface area contributed by atoms with E-state index in [1.165, 1.54) is 44.1 Å². The fourth-order valence-electron chi connectivity index (χ4n) is 10.3. The number of fused-ring (bicyclic) bond motifs is 7. The molecule has 0 saturated carbocycles. The molecular formula is C66H57N5OPt+2. The van der Waals surface area contributed by atoms with Crippen molar-refractivity contribution in [2.45, 2.75) is 78.6 Å². The first-order valence-electron chi connectivity index (χ1n) is 25.0. The van der Waals surface area contributed by atoms with Crippen LogP contribution in [0, 0.1) is 12.1 Å². The maximum atomic E-state index is 6.80. The Bertz CT molecular complexity index is 3970. The van der Waals surface area contributed by atoms with Crippen LogP contribution in [0.3, 0.4) is 0 Å². The molecule has 0 amide bonds. The SMILES string of the molecule is CC(C)(C)c1cc(-c2cccc3c2[N+](c2ccccc2)=C=[N+]3c2[c-]c(Oc3[c-]c4c(cc3)c3cc(-n5c6ccccc6c6ccccc65)ccc3n4-c3cc(C(C)(C)C)ccn3)ccc2)cc(C(C)(C)C)c1.[Pt+2]. The molecule has 0 radical (unpaired) electrons. The van der Waals surface area contributed by atoms with E-state index in [2.05, 4.69) is 256 Å². The summed E-state index contributed by atoms with van der Waals surface area (Å²) in [5, 5.41) is 4.62. The molecule has 73 heavy (non-hydrogen) atoms. The van der Waals surface area contributed by atoms with Gasteiger partial charge in [-0.1, -0.05) is 163 Å². The van der Waals surface area contributed by atoms with E-state index in [-0.39, 0.29) is 37.3 Å². The third-order valence-electron chi connectivity index (χ3n) is 14.2. The molecule has 1 aliphatic heterocycles. The molecule has 360 valence electrons. The molecule has 0 bridgehead atoms. The Morgan fingerprint density at radius 3 is 1.81 bits per heavy atom. The number of pyridine rings is 1. The van der Waals surface area contributed by atoms with Crippen molar-refractivity contribution in [2.24, 2.45) is 0 Å². The molecular weight excluding hydrogens is 1070 g/mol. The van der Waals surface area contributed by atoms with Gasteiger partial charge in [-0.15, -0.1) is 23.6 Å². The van der Waals surface area contributed by atoms with Crippen LogP contribution >= 0.6 is 0 Å². The van der Waals surface area contributed by atoms with Crippen LogP contribution in [0.2, 0.25) is 0 Å². The largest absolute Gasteiger partial charge is 2.00 e. The van der Waals surface area contributed by atoms with Gasteiger partial charge in [-0.2, -0.15) is 12.1 Å². The Balaban J connectivity index is 0.00000574. The third kappa shape index (κ3) is 8.43. The van der Waals surface area contributed by atoms with Crippen LogP contribution in [0.4, 0.5) is 22.7 Å². The Labute approximate surface area is 442 Å². The van der Waals surface area contributed by atoms with Crippen molar-refractivity contribution in [3.63, 3.8) is 0 Å². The number of nitrogens with zero attached hydrogens (tertiary/aromatic N) is 5. The number of hydrogen-bond acceptors (Lipinski definition) is 2. The topological polar surface area (TPSA) is 38.0 Å². The van der Waals surface area contributed by atoms with Crippen LogP contribution in [-0.2, 0) is 37.3 Å². The van der Waals surface area contributed by atoms with Gasteiger partial charge >= 0.3 is 32.8 Å². The second kappa shape index (κ2) is 17.8. The number of hydrogen-bond donors (Lipinski definition) is 0. The van der Waals surface area contributed by atoms with Crippen LogP contribution in [0.5, 0.6) is 11.5 Å². The zero-order valence-corrected chi connectivity index (χ0v) is 45.1. The van der Waals surface area contributed by atoms with Gasteiger partial charge in [0, 0.05) is 57.9 Å². The molecule has 6 nitrogen and oxygen atoms in total. The van der Waals surface area contributed by atoms with Gasteiger partial charge in [0.25, 0.3) is 5.69 Å². The van der Waals surface area contributed by atoms with Crippen LogP contribution in [0.25, 0.3) is 66.2 Å². The summed E-state index contributed by atoms with van der Waals surface area (Å²) in [4.78, 5) is 5.00. The molecule has 0 N–H and O–H groups in total. The van der Waals surface area contributed by atoms with Crippen molar-refractivity contribution in [1.82, 2.24) is 23.3 Å². The zero-order chi connectivity index (χ0) is 49.7. The van der Waals surface area contributed by atoms with E-state index >= 15 is 0 Å². The maximum Gasteiger partial charge on any atom is 2.00 e. The monoisotopic (exact) mass is 1130 g/mol. The van der Waals surface area contributed by atoms with Gasteiger partial charge in [-0.3, -0.25) is 0 Å². The second-order valence-corrected chi connectivity index (χ2v) is 22.2. The van der Waals surface area contributed by atoms with E-state index < -0.39 is 0 Å². The molecule has 0 fully saturated rings. The molecule has 0 unspecified atom stereocenters. The van der Waals surface area contributed by atoms with E-state index in [1.807, 2.05) is 24.4 Å². The minimum absolute atomic E-state index is 0. The summed E-state index contributed by atoms with van der Waals surface area (Å²) in [6.45, 7) is 20.5. The van der Waals surface area contributed by atoms with Crippen molar-refractivity contribution in [3.8, 4) is 34.1 Å². The minimum atomic E-state index is -0.0729. The smallest absolute Gasteiger partial charge is 0.509 e. The summed E-state index contributed by atoms with van der Waals surface area (Å²) < 4.78 is 15.7. The van der Waals surface area contributed by atoms with Crippen molar-refractivity contribution >= 4 is 72.4 Å². The molecule has 7 heteroatoms. The Hall–Kier alpha value is -7.62. The average Bonchev–Trinajstić information content (AvgIpc) is 4.04. The summed E-state index contributed by atoms with van der Waals surface area (Å²) in [7, 11) is 0. The molecule has 1 aliphatic rings. The first-order valence-corrected chi connectivity index (χ1v) is 25.0. The molecule has 11 aromatic rings. The number of ether oxygens (including phenoxy) is 1. The van der Waals surface area contributed by atoms with E-state index in [1.54, 1.807) is 0 Å². The molecule has 3 aromatic heterocycles. The fourth-order valence-corrected chi connectivity index (χ4v) is 10.3. The van der Waals surface area contributed by atoms with Crippen LogP contribution < -0.4 is 13.9 Å². The number of benzene rings is 8. The van der Waals surface area contributed by atoms with Gasteiger partial charge in [-0.25, -0.2) is 4.98 Å². The molecule has 0 aliphatic carbocycles. The van der Waals surface area contributed by atoms with E-state index in [0.717, 1.165) is 61.6 Å². The second-order valence-electron chi connectivity index (χ2n) is 22.2. The molecule has 4 heterocycles. The number of aromatic nitrogens is 3. The summed E-state index contributed by atoms with van der Waals surface area (Å²) in [6, 6.07) is 73.9. The van der Waals surface area contributed by atoms with E-state index in [4.69, 9.17) is 9.72 Å². The normalized spacial score (nSPS) is 12.8. The van der Waals surface area contributed by atoms with Crippen molar-refractivity contribution in [1.29, 1.82) is 0 Å². The first kappa shape index (κ1) is 47.7. The predicted octanol–water partition coefficient (Wildman–Crippen LogP) is 17.1. The maximum absolute atomic E-state index is 6.80. The fraction of sp³-hybridized carbons (Fsp3) is 0.182. The van der Waals surface area contributed by atoms with Gasteiger partial charge in [0.05, 0.1) is 16.6 Å². The minimum Gasteiger partial charge on any atom is -0.509 e. The van der Waals surface area contributed by atoms with Gasteiger partial charge in [0.2, 0.25) is 5.69 Å². The van der Waals surface area contributed by atoms with Crippen molar-refractivity contribution in [2.75, 3.05) is 0 Å². The van der Waals surface area contributed by atoms with Crippen LogP contribution in [-0.4, -0.2) is 20.1 Å². The predicted molar refractivity (Wildman–Crippen MR) is 299 cm³/mol. The van der Waals surface area contributed by atoms with Gasteiger partial charge in [0.15, 0.2) is 0 Å². The van der Waals surface area contributed by atoms with Gasteiger partial charge < -0.3 is 13.9 Å². The molecule has 0 spiro atoms. The average molecular weight is 1130 g/mol. The Morgan fingerprint density at radius 2 is 1.12 bits per heavy atom. The number of para-hydroxylation sites is 4. The molecule has 12 rings (SSSR count). The Morgan fingerprint density at radius 1 is 0.493 bits per heavy atom. The van der Waals surface area contributed by atoms with Crippen molar-refractivity contribution in [3.05, 3.63) is 211 Å². The van der Waals surface area contributed by atoms with Gasteiger partial charge in [-0.05, 0) is 97.0 Å². The summed E-state index contributed by atoms with van der Waals surface area (Å²) in [5.74, 6) is 1.97. The van der Waals surface area contributed by atoms with Crippen LogP contribution in [0.15, 0.2) is 182 Å². The van der Waals surface area contributed by atoms with Crippen LogP contribution in [0.1, 0.15) is 79.0 Å². The zero-order valence-electron chi connectivity index (χ0n) is 42.8. The third-order valence-corrected chi connectivity index (χ3v) is 14.2. The molecule has 0 atom stereocenters. The van der Waals surface area contributed by atoms with E-state index in [0.29, 0.717) is 11.5 Å². The molecule has 0 saturated heterocycles. The summed E-state index contributed by atoms with van der Waals surface area (Å²) >= 11 is 0. The van der Waals surface area contributed by atoms with Crippen molar-refractivity contribution < 1.29 is 25.8 Å². The number of rotatable bonds is 7.